The van der Waals surface area contributed by atoms with Crippen LogP contribution in [0.2, 0.25) is 0 Å². The molecule has 1 aliphatic heterocycles. The van der Waals surface area contributed by atoms with E-state index in [0.717, 1.165) is 18.8 Å². The van der Waals surface area contributed by atoms with E-state index in [0.29, 0.717) is 17.5 Å². The summed E-state index contributed by atoms with van der Waals surface area (Å²) in [6.45, 7) is 10.3. The lowest BCUT2D eigenvalue weighted by molar-refractivity contribution is 0.0450. The first-order valence-corrected chi connectivity index (χ1v) is 7.53. The molecule has 20 heavy (non-hydrogen) atoms. The third kappa shape index (κ3) is 3.11. The van der Waals surface area contributed by atoms with Crippen molar-refractivity contribution in [3.05, 3.63) is 24.0 Å². The van der Waals surface area contributed by atoms with E-state index < -0.39 is 0 Å². The third-order valence-corrected chi connectivity index (χ3v) is 4.22. The molecule has 1 amide bonds. The lowest BCUT2D eigenvalue weighted by Gasteiger charge is -2.41. The zero-order valence-corrected chi connectivity index (χ0v) is 12.9. The minimum Gasteiger partial charge on any atom is -0.385 e. The Morgan fingerprint density at radius 2 is 2.20 bits per heavy atom. The van der Waals surface area contributed by atoms with Gasteiger partial charge in [0.05, 0.1) is 0 Å². The maximum atomic E-state index is 12.7. The highest BCUT2D eigenvalue weighted by molar-refractivity contribution is 5.93. The average molecular weight is 275 g/mol. The maximum absolute atomic E-state index is 12.7. The molecule has 2 heterocycles. The largest absolute Gasteiger partial charge is 0.385 e. The number of nitrogens with zero attached hydrogens (tertiary/aromatic N) is 2. The number of hydrogen-bond donors (Lipinski definition) is 1. The van der Waals surface area contributed by atoms with E-state index >= 15 is 0 Å². The van der Waals surface area contributed by atoms with Crippen LogP contribution in [-0.4, -0.2) is 34.9 Å². The molecule has 3 unspecified atom stereocenters. The summed E-state index contributed by atoms with van der Waals surface area (Å²) in [7, 11) is 0. The number of amides is 1. The van der Waals surface area contributed by atoms with Gasteiger partial charge in [-0.3, -0.25) is 9.78 Å². The van der Waals surface area contributed by atoms with Gasteiger partial charge in [-0.05, 0) is 44.2 Å². The predicted octanol–water partition coefficient (Wildman–Crippen LogP) is 3.02. The Balaban J connectivity index is 2.19. The number of carbonyl (C=O) groups is 1. The predicted molar refractivity (Wildman–Crippen MR) is 81.8 cm³/mol. The molecule has 0 bridgehead atoms. The molecular formula is C16H25N3O. The fraction of sp³-hybridized carbons (Fsp3) is 0.625. The van der Waals surface area contributed by atoms with Crippen molar-refractivity contribution in [1.29, 1.82) is 0 Å². The SMILES string of the molecule is CCNc1ccnc(C(=O)N2CC(C)CC(C)C2C)c1. The summed E-state index contributed by atoms with van der Waals surface area (Å²) in [5.74, 6) is 1.15. The highest BCUT2D eigenvalue weighted by Crippen LogP contribution is 2.28. The van der Waals surface area contributed by atoms with Crippen LogP contribution in [-0.2, 0) is 0 Å². The van der Waals surface area contributed by atoms with E-state index in [2.05, 4.69) is 31.1 Å². The van der Waals surface area contributed by atoms with Crippen molar-refractivity contribution in [1.82, 2.24) is 9.88 Å². The molecule has 1 aromatic heterocycles. The number of pyridine rings is 1. The fourth-order valence-electron chi connectivity index (χ4n) is 2.99. The van der Waals surface area contributed by atoms with E-state index in [1.54, 1.807) is 6.20 Å². The van der Waals surface area contributed by atoms with E-state index in [-0.39, 0.29) is 11.9 Å². The standard InChI is InChI=1S/C16H25N3O/c1-5-17-14-6-7-18-15(9-14)16(20)19-10-11(2)8-12(3)13(19)4/h6-7,9,11-13H,5,8,10H2,1-4H3,(H,17,18). The molecule has 0 spiro atoms. The smallest absolute Gasteiger partial charge is 0.272 e. The Labute approximate surface area is 121 Å². The molecule has 0 aliphatic carbocycles. The first kappa shape index (κ1) is 14.8. The number of carbonyl (C=O) groups excluding carboxylic acids is 1. The molecule has 0 saturated carbocycles. The minimum absolute atomic E-state index is 0.0515. The second kappa shape index (κ2) is 6.25. The molecule has 1 fully saturated rings. The highest BCUT2D eigenvalue weighted by Gasteiger charge is 2.32. The van der Waals surface area contributed by atoms with E-state index in [4.69, 9.17) is 0 Å². The van der Waals surface area contributed by atoms with Crippen molar-refractivity contribution < 1.29 is 4.79 Å². The average Bonchev–Trinajstić information content (AvgIpc) is 2.43. The second-order valence-corrected chi connectivity index (χ2v) is 5.98. The molecule has 0 aromatic carbocycles. The zero-order chi connectivity index (χ0) is 14.7. The number of nitrogens with one attached hydrogen (secondary N) is 1. The molecule has 1 N–H and O–H groups in total. The van der Waals surface area contributed by atoms with Gasteiger partial charge in [-0.1, -0.05) is 13.8 Å². The van der Waals surface area contributed by atoms with Crippen LogP contribution in [0.3, 0.4) is 0 Å². The quantitative estimate of drug-likeness (QED) is 0.922. The molecule has 2 rings (SSSR count). The molecule has 1 saturated heterocycles. The van der Waals surface area contributed by atoms with Crippen molar-refractivity contribution in [3.8, 4) is 0 Å². The second-order valence-electron chi connectivity index (χ2n) is 5.98. The molecule has 4 heteroatoms. The first-order chi connectivity index (χ1) is 9.52. The number of anilines is 1. The van der Waals surface area contributed by atoms with Crippen LogP contribution in [0.15, 0.2) is 18.3 Å². The number of likely N-dealkylation sites (tertiary alicyclic amines) is 1. The van der Waals surface area contributed by atoms with Gasteiger partial charge in [0.25, 0.3) is 5.91 Å². The van der Waals surface area contributed by atoms with Crippen molar-refractivity contribution in [2.24, 2.45) is 11.8 Å². The lowest BCUT2D eigenvalue weighted by Crippen LogP contribution is -2.49. The van der Waals surface area contributed by atoms with E-state index in [1.807, 2.05) is 24.0 Å². The number of rotatable bonds is 3. The van der Waals surface area contributed by atoms with Gasteiger partial charge < -0.3 is 10.2 Å². The maximum Gasteiger partial charge on any atom is 0.272 e. The summed E-state index contributed by atoms with van der Waals surface area (Å²) >= 11 is 0. The van der Waals surface area contributed by atoms with E-state index in [9.17, 15) is 4.79 Å². The molecule has 0 radical (unpaired) electrons. The monoisotopic (exact) mass is 275 g/mol. The van der Waals surface area contributed by atoms with Crippen molar-refractivity contribution in [3.63, 3.8) is 0 Å². The van der Waals surface area contributed by atoms with Gasteiger partial charge in [0, 0.05) is 31.0 Å². The Bertz CT molecular complexity index is 475. The lowest BCUT2D eigenvalue weighted by atomic mass is 9.86. The van der Waals surface area contributed by atoms with Gasteiger partial charge in [-0.25, -0.2) is 0 Å². The summed E-state index contributed by atoms with van der Waals surface area (Å²) in [6, 6.07) is 4.02. The number of hydrogen-bond acceptors (Lipinski definition) is 3. The zero-order valence-electron chi connectivity index (χ0n) is 12.9. The molecular weight excluding hydrogens is 250 g/mol. The molecule has 1 aliphatic rings. The summed E-state index contributed by atoms with van der Waals surface area (Å²) in [6.07, 6.45) is 2.89. The van der Waals surface area contributed by atoms with Crippen molar-refractivity contribution in [2.75, 3.05) is 18.4 Å². The first-order valence-electron chi connectivity index (χ1n) is 7.53. The number of piperidine rings is 1. The summed E-state index contributed by atoms with van der Waals surface area (Å²) in [4.78, 5) is 18.9. The fourth-order valence-corrected chi connectivity index (χ4v) is 2.99. The molecule has 3 atom stereocenters. The van der Waals surface area contributed by atoms with E-state index in [1.165, 1.54) is 6.42 Å². The minimum atomic E-state index is 0.0515. The van der Waals surface area contributed by atoms with Crippen LogP contribution in [0.5, 0.6) is 0 Å². The van der Waals surface area contributed by atoms with Crippen LogP contribution >= 0.6 is 0 Å². The van der Waals surface area contributed by atoms with Gasteiger partial charge in [0.1, 0.15) is 5.69 Å². The Morgan fingerprint density at radius 1 is 1.45 bits per heavy atom. The summed E-state index contributed by atoms with van der Waals surface area (Å²) < 4.78 is 0. The molecule has 110 valence electrons. The summed E-state index contributed by atoms with van der Waals surface area (Å²) in [5, 5.41) is 3.22. The van der Waals surface area contributed by atoms with Crippen molar-refractivity contribution >= 4 is 11.6 Å². The van der Waals surface area contributed by atoms with Gasteiger partial charge >= 0.3 is 0 Å². The van der Waals surface area contributed by atoms with Crippen LogP contribution in [0.25, 0.3) is 0 Å². The highest BCUT2D eigenvalue weighted by atomic mass is 16.2. The Morgan fingerprint density at radius 3 is 2.90 bits per heavy atom. The van der Waals surface area contributed by atoms with Gasteiger partial charge in [0.2, 0.25) is 0 Å². The molecule has 4 nitrogen and oxygen atoms in total. The molecule has 1 aromatic rings. The summed E-state index contributed by atoms with van der Waals surface area (Å²) in [5.41, 5.74) is 1.49. The Kier molecular flexibility index (Phi) is 4.63. The van der Waals surface area contributed by atoms with Gasteiger partial charge in [0.15, 0.2) is 0 Å². The van der Waals surface area contributed by atoms with Crippen LogP contribution in [0.4, 0.5) is 5.69 Å². The van der Waals surface area contributed by atoms with Gasteiger partial charge in [-0.2, -0.15) is 0 Å². The topological polar surface area (TPSA) is 45.2 Å². The van der Waals surface area contributed by atoms with Crippen molar-refractivity contribution in [2.45, 2.75) is 40.2 Å². The van der Waals surface area contributed by atoms with Crippen LogP contribution < -0.4 is 5.32 Å². The Hall–Kier alpha value is -1.58. The number of aromatic nitrogens is 1. The van der Waals surface area contributed by atoms with Crippen LogP contribution in [0.1, 0.15) is 44.6 Å². The normalized spacial score (nSPS) is 26.4. The van der Waals surface area contributed by atoms with Gasteiger partial charge in [-0.15, -0.1) is 0 Å². The third-order valence-electron chi connectivity index (χ3n) is 4.22. The van der Waals surface area contributed by atoms with Crippen LogP contribution in [0, 0.1) is 11.8 Å².